The summed E-state index contributed by atoms with van der Waals surface area (Å²) in [5.74, 6) is 2.47. The number of hydrogen-bond acceptors (Lipinski definition) is 2. The van der Waals surface area contributed by atoms with E-state index in [-0.39, 0.29) is 0 Å². The highest BCUT2D eigenvalue weighted by Gasteiger charge is 2.35. The van der Waals surface area contributed by atoms with Crippen molar-refractivity contribution in [3.63, 3.8) is 0 Å². The van der Waals surface area contributed by atoms with Gasteiger partial charge in [0.2, 0.25) is 0 Å². The van der Waals surface area contributed by atoms with Gasteiger partial charge >= 0.3 is 0 Å². The van der Waals surface area contributed by atoms with Crippen molar-refractivity contribution in [1.82, 2.24) is 10.2 Å². The Morgan fingerprint density at radius 1 is 1.20 bits per heavy atom. The van der Waals surface area contributed by atoms with E-state index in [2.05, 4.69) is 58.8 Å². The minimum Gasteiger partial charge on any atom is -0.317 e. The van der Waals surface area contributed by atoms with Gasteiger partial charge in [0.05, 0.1) is 0 Å². The van der Waals surface area contributed by atoms with E-state index >= 15 is 0 Å². The van der Waals surface area contributed by atoms with Crippen LogP contribution in [0.4, 0.5) is 0 Å². The highest BCUT2D eigenvalue weighted by atomic mass is 15.1. The zero-order chi connectivity index (χ0) is 15.3. The van der Waals surface area contributed by atoms with Crippen LogP contribution in [0.3, 0.4) is 0 Å². The lowest BCUT2D eigenvalue weighted by atomic mass is 9.67. The molecule has 1 rings (SSSR count). The molecule has 20 heavy (non-hydrogen) atoms. The molecule has 1 aliphatic rings. The first-order valence-electron chi connectivity index (χ1n) is 8.67. The summed E-state index contributed by atoms with van der Waals surface area (Å²) < 4.78 is 0. The smallest absolute Gasteiger partial charge is 0.0105 e. The SMILES string of the molecule is CCN(CC(C)C)CC1CC(C(C)(C)C)CCC1NC. The molecule has 0 heterocycles. The van der Waals surface area contributed by atoms with Crippen molar-refractivity contribution in [3.05, 3.63) is 0 Å². The largest absolute Gasteiger partial charge is 0.317 e. The Balaban J connectivity index is 2.66. The minimum atomic E-state index is 0.464. The minimum absolute atomic E-state index is 0.464. The van der Waals surface area contributed by atoms with Crippen LogP contribution < -0.4 is 5.32 Å². The second-order valence-corrected chi connectivity index (χ2v) is 8.28. The monoisotopic (exact) mass is 282 g/mol. The molecule has 0 aliphatic heterocycles. The van der Waals surface area contributed by atoms with E-state index in [1.54, 1.807) is 0 Å². The average molecular weight is 283 g/mol. The molecule has 2 nitrogen and oxygen atoms in total. The van der Waals surface area contributed by atoms with Gasteiger partial charge in [-0.25, -0.2) is 0 Å². The Bertz CT molecular complexity index is 267. The van der Waals surface area contributed by atoms with Crippen LogP contribution >= 0.6 is 0 Å². The van der Waals surface area contributed by atoms with Gasteiger partial charge in [0.25, 0.3) is 0 Å². The molecule has 0 aromatic carbocycles. The van der Waals surface area contributed by atoms with E-state index in [4.69, 9.17) is 0 Å². The molecular weight excluding hydrogens is 244 g/mol. The van der Waals surface area contributed by atoms with E-state index in [1.807, 2.05) is 0 Å². The van der Waals surface area contributed by atoms with Gasteiger partial charge in [-0.05, 0) is 56.0 Å². The first kappa shape index (κ1) is 18.0. The number of rotatable bonds is 6. The summed E-state index contributed by atoms with van der Waals surface area (Å²) in [6.45, 7) is 17.9. The molecule has 0 spiro atoms. The third kappa shape index (κ3) is 5.37. The molecule has 1 aliphatic carbocycles. The number of nitrogens with one attached hydrogen (secondary N) is 1. The van der Waals surface area contributed by atoms with Gasteiger partial charge in [-0.2, -0.15) is 0 Å². The highest BCUT2D eigenvalue weighted by Crippen LogP contribution is 2.40. The predicted molar refractivity (Wildman–Crippen MR) is 90.1 cm³/mol. The molecule has 0 aromatic rings. The van der Waals surface area contributed by atoms with Crippen LogP contribution in [0.5, 0.6) is 0 Å². The summed E-state index contributed by atoms with van der Waals surface area (Å²) >= 11 is 0. The Morgan fingerprint density at radius 3 is 2.30 bits per heavy atom. The lowest BCUT2D eigenvalue weighted by Gasteiger charge is -2.43. The van der Waals surface area contributed by atoms with Crippen LogP contribution in [0.1, 0.15) is 60.8 Å². The van der Waals surface area contributed by atoms with E-state index in [9.17, 15) is 0 Å². The predicted octanol–water partition coefficient (Wildman–Crippen LogP) is 4.01. The Kier molecular flexibility index (Phi) is 7.00. The van der Waals surface area contributed by atoms with Crippen LogP contribution in [-0.2, 0) is 0 Å². The molecule has 0 amide bonds. The average Bonchev–Trinajstić information content (AvgIpc) is 2.36. The van der Waals surface area contributed by atoms with Gasteiger partial charge in [-0.1, -0.05) is 41.5 Å². The first-order valence-corrected chi connectivity index (χ1v) is 8.67. The molecule has 1 N–H and O–H groups in total. The molecule has 3 unspecified atom stereocenters. The van der Waals surface area contributed by atoms with Crippen molar-refractivity contribution in [2.24, 2.45) is 23.2 Å². The van der Waals surface area contributed by atoms with Crippen molar-refractivity contribution in [1.29, 1.82) is 0 Å². The molecule has 0 aromatic heterocycles. The van der Waals surface area contributed by atoms with Crippen LogP contribution in [0.15, 0.2) is 0 Å². The van der Waals surface area contributed by atoms with Crippen LogP contribution in [-0.4, -0.2) is 37.6 Å². The Hall–Kier alpha value is -0.0800. The molecule has 120 valence electrons. The normalized spacial score (nSPS) is 28.4. The fraction of sp³-hybridized carbons (Fsp3) is 1.00. The van der Waals surface area contributed by atoms with E-state index in [1.165, 1.54) is 38.9 Å². The fourth-order valence-corrected chi connectivity index (χ4v) is 3.81. The third-order valence-corrected chi connectivity index (χ3v) is 5.14. The van der Waals surface area contributed by atoms with Gasteiger partial charge in [0.15, 0.2) is 0 Å². The van der Waals surface area contributed by atoms with Gasteiger partial charge in [-0.15, -0.1) is 0 Å². The van der Waals surface area contributed by atoms with E-state index in [0.717, 1.165) is 23.8 Å². The fourth-order valence-electron chi connectivity index (χ4n) is 3.81. The highest BCUT2D eigenvalue weighted by molar-refractivity contribution is 4.89. The second kappa shape index (κ2) is 7.79. The van der Waals surface area contributed by atoms with Crippen molar-refractivity contribution in [2.75, 3.05) is 26.7 Å². The summed E-state index contributed by atoms with van der Waals surface area (Å²) in [7, 11) is 2.15. The van der Waals surface area contributed by atoms with Crippen molar-refractivity contribution < 1.29 is 0 Å². The summed E-state index contributed by atoms with van der Waals surface area (Å²) in [6.07, 6.45) is 4.13. The number of nitrogens with zero attached hydrogens (tertiary/aromatic N) is 1. The quantitative estimate of drug-likeness (QED) is 0.791. The molecular formula is C18H38N2. The van der Waals surface area contributed by atoms with Gasteiger partial charge in [-0.3, -0.25) is 0 Å². The van der Waals surface area contributed by atoms with Crippen LogP contribution in [0.25, 0.3) is 0 Å². The maximum atomic E-state index is 3.58. The standard InChI is InChI=1S/C18H38N2/c1-8-20(12-14(2)3)13-15-11-16(18(4,5)6)9-10-17(15)19-7/h14-17,19H,8-13H2,1-7H3. The molecule has 0 saturated heterocycles. The lowest BCUT2D eigenvalue weighted by molar-refractivity contribution is 0.0877. The third-order valence-electron chi connectivity index (χ3n) is 5.14. The Labute approximate surface area is 127 Å². The first-order chi connectivity index (χ1) is 9.27. The molecule has 3 atom stereocenters. The summed E-state index contributed by atoms with van der Waals surface area (Å²) in [5.41, 5.74) is 0.464. The van der Waals surface area contributed by atoms with Crippen molar-refractivity contribution in [3.8, 4) is 0 Å². The zero-order valence-corrected chi connectivity index (χ0v) is 15.0. The number of hydrogen-bond donors (Lipinski definition) is 1. The topological polar surface area (TPSA) is 15.3 Å². The molecule has 0 bridgehead atoms. The molecule has 1 saturated carbocycles. The Morgan fingerprint density at radius 2 is 1.85 bits per heavy atom. The summed E-state index contributed by atoms with van der Waals surface area (Å²) in [5, 5.41) is 3.58. The maximum absolute atomic E-state index is 3.58. The van der Waals surface area contributed by atoms with Gasteiger partial charge in [0, 0.05) is 19.1 Å². The van der Waals surface area contributed by atoms with Gasteiger partial charge in [0.1, 0.15) is 0 Å². The molecule has 0 radical (unpaired) electrons. The maximum Gasteiger partial charge on any atom is 0.0105 e. The van der Waals surface area contributed by atoms with Crippen LogP contribution in [0, 0.1) is 23.2 Å². The van der Waals surface area contributed by atoms with E-state index in [0.29, 0.717) is 5.41 Å². The summed E-state index contributed by atoms with van der Waals surface area (Å²) in [6, 6.07) is 0.717. The van der Waals surface area contributed by atoms with Crippen molar-refractivity contribution >= 4 is 0 Å². The zero-order valence-electron chi connectivity index (χ0n) is 15.0. The molecule has 1 fully saturated rings. The summed E-state index contributed by atoms with van der Waals surface area (Å²) in [4.78, 5) is 2.66. The van der Waals surface area contributed by atoms with Gasteiger partial charge < -0.3 is 10.2 Å². The van der Waals surface area contributed by atoms with Crippen LogP contribution in [0.2, 0.25) is 0 Å². The molecule has 2 heteroatoms. The van der Waals surface area contributed by atoms with E-state index < -0.39 is 0 Å². The lowest BCUT2D eigenvalue weighted by Crippen LogP contribution is -2.47. The second-order valence-electron chi connectivity index (χ2n) is 8.28. The van der Waals surface area contributed by atoms with Crippen molar-refractivity contribution in [2.45, 2.75) is 66.8 Å².